The number of hydrogen-bond acceptors (Lipinski definition) is 7. The van der Waals surface area contributed by atoms with Crippen LogP contribution in [-0.2, 0) is 4.74 Å². The number of aliphatic hydroxyl groups excluding tert-OH is 3. The summed E-state index contributed by atoms with van der Waals surface area (Å²) in [6, 6.07) is 7.31. The molecule has 136 valence electrons. The third-order valence-corrected chi connectivity index (χ3v) is 4.63. The molecule has 1 fully saturated rings. The first-order valence-corrected chi connectivity index (χ1v) is 8.24. The van der Waals surface area contributed by atoms with Gasteiger partial charge in [-0.2, -0.15) is 0 Å². The van der Waals surface area contributed by atoms with E-state index in [2.05, 4.69) is 10.3 Å². The number of rotatable bonds is 4. The van der Waals surface area contributed by atoms with Crippen molar-refractivity contribution >= 4 is 5.69 Å². The van der Waals surface area contributed by atoms with Gasteiger partial charge >= 0.3 is 0 Å². The highest BCUT2D eigenvalue weighted by atomic mass is 16.5. The molecule has 8 heteroatoms. The van der Waals surface area contributed by atoms with E-state index in [4.69, 9.17) is 4.74 Å². The molecule has 1 aliphatic rings. The van der Waals surface area contributed by atoms with Crippen molar-refractivity contribution in [2.24, 2.45) is 0 Å². The molecule has 0 saturated carbocycles. The van der Waals surface area contributed by atoms with Crippen LogP contribution in [0.5, 0.6) is 0 Å². The molecule has 0 spiro atoms. The second-order valence-corrected chi connectivity index (χ2v) is 6.56. The van der Waals surface area contributed by atoms with Crippen molar-refractivity contribution in [3.05, 3.63) is 30.5 Å². The molecule has 1 aromatic heterocycles. The molecule has 0 bridgehead atoms. The smallest absolute Gasteiger partial charge is 0.113 e. The Labute approximate surface area is 146 Å². The van der Waals surface area contributed by atoms with E-state index >= 15 is 0 Å². The lowest BCUT2D eigenvalue weighted by Gasteiger charge is -2.40. The maximum absolute atomic E-state index is 10.4. The van der Waals surface area contributed by atoms with Crippen LogP contribution in [0.25, 0.3) is 11.3 Å². The van der Waals surface area contributed by atoms with Crippen LogP contribution in [-0.4, -0.2) is 75.4 Å². The van der Waals surface area contributed by atoms with Gasteiger partial charge in [-0.3, -0.25) is 0 Å². The van der Waals surface area contributed by atoms with Crippen molar-refractivity contribution in [1.82, 2.24) is 15.0 Å². The number of aromatic nitrogens is 3. The van der Waals surface area contributed by atoms with E-state index < -0.39 is 30.5 Å². The molecule has 0 amide bonds. The minimum Gasteiger partial charge on any atom is -0.394 e. The summed E-state index contributed by atoms with van der Waals surface area (Å²) in [5, 5.41) is 38.0. The van der Waals surface area contributed by atoms with E-state index in [9.17, 15) is 15.3 Å². The van der Waals surface area contributed by atoms with Gasteiger partial charge in [0.05, 0.1) is 18.9 Å². The summed E-state index contributed by atoms with van der Waals surface area (Å²) in [6.45, 7) is 1.42. The summed E-state index contributed by atoms with van der Waals surface area (Å²) in [7, 11) is 3.95. The van der Waals surface area contributed by atoms with Crippen LogP contribution >= 0.6 is 0 Å². The Hall–Kier alpha value is -2.00. The Morgan fingerprint density at radius 1 is 1.16 bits per heavy atom. The van der Waals surface area contributed by atoms with Crippen molar-refractivity contribution in [1.29, 1.82) is 0 Å². The summed E-state index contributed by atoms with van der Waals surface area (Å²) >= 11 is 0. The van der Waals surface area contributed by atoms with Crippen LogP contribution in [0.3, 0.4) is 0 Å². The van der Waals surface area contributed by atoms with Crippen molar-refractivity contribution in [3.8, 4) is 11.3 Å². The number of aliphatic hydroxyl groups is 3. The van der Waals surface area contributed by atoms with E-state index in [1.54, 1.807) is 13.1 Å². The monoisotopic (exact) mass is 348 g/mol. The van der Waals surface area contributed by atoms with Crippen molar-refractivity contribution < 1.29 is 20.1 Å². The van der Waals surface area contributed by atoms with Crippen LogP contribution in [0.4, 0.5) is 5.69 Å². The molecule has 1 aromatic carbocycles. The number of ether oxygens (including phenoxy) is 1. The van der Waals surface area contributed by atoms with Gasteiger partial charge in [0, 0.05) is 25.3 Å². The summed E-state index contributed by atoms with van der Waals surface area (Å²) in [6.07, 6.45) is -1.79. The summed E-state index contributed by atoms with van der Waals surface area (Å²) in [5.74, 6) is 0. The predicted molar refractivity (Wildman–Crippen MR) is 92.3 cm³/mol. The maximum Gasteiger partial charge on any atom is 0.113 e. The minimum atomic E-state index is -1.18. The summed E-state index contributed by atoms with van der Waals surface area (Å²) in [4.78, 5) is 2.01. The standard InChI is InChI=1S/C17H24N4O4/c1-10-15(17(24)16(23)14(9-22)25-10)21-8-13(18-19-21)11-4-6-12(7-5-11)20(2)3/h4-8,10,14-17,22-24H,9H2,1-3H3/t10-,14+,15-,16-,17+/m0/s1. The molecule has 0 unspecified atom stereocenters. The van der Waals surface area contributed by atoms with E-state index in [0.29, 0.717) is 5.69 Å². The van der Waals surface area contributed by atoms with E-state index in [0.717, 1.165) is 11.3 Å². The fourth-order valence-corrected chi connectivity index (χ4v) is 3.14. The summed E-state index contributed by atoms with van der Waals surface area (Å²) in [5.41, 5.74) is 2.66. The molecule has 3 N–H and O–H groups in total. The Bertz CT molecular complexity index is 703. The quantitative estimate of drug-likeness (QED) is 0.717. The maximum atomic E-state index is 10.4. The van der Waals surface area contributed by atoms with E-state index in [1.807, 2.05) is 43.3 Å². The van der Waals surface area contributed by atoms with Gasteiger partial charge in [0.15, 0.2) is 0 Å². The van der Waals surface area contributed by atoms with Crippen LogP contribution < -0.4 is 4.90 Å². The van der Waals surface area contributed by atoms with Crippen LogP contribution in [0.1, 0.15) is 13.0 Å². The second kappa shape index (κ2) is 7.09. The normalized spacial score (nSPS) is 29.6. The van der Waals surface area contributed by atoms with Crippen molar-refractivity contribution in [3.63, 3.8) is 0 Å². The molecule has 0 aliphatic carbocycles. The number of anilines is 1. The highest BCUT2D eigenvalue weighted by molar-refractivity contribution is 5.62. The first-order valence-electron chi connectivity index (χ1n) is 8.24. The zero-order valence-electron chi connectivity index (χ0n) is 14.5. The zero-order valence-corrected chi connectivity index (χ0v) is 14.5. The van der Waals surface area contributed by atoms with Crippen molar-refractivity contribution in [2.45, 2.75) is 37.4 Å². The molecule has 1 saturated heterocycles. The number of hydrogen-bond donors (Lipinski definition) is 3. The molecule has 1 aliphatic heterocycles. The third-order valence-electron chi connectivity index (χ3n) is 4.63. The molecule has 25 heavy (non-hydrogen) atoms. The lowest BCUT2D eigenvalue weighted by atomic mass is 9.93. The Balaban J connectivity index is 1.83. The first-order chi connectivity index (χ1) is 11.9. The fourth-order valence-electron chi connectivity index (χ4n) is 3.14. The molecule has 8 nitrogen and oxygen atoms in total. The molecule has 0 radical (unpaired) electrons. The Morgan fingerprint density at radius 2 is 1.84 bits per heavy atom. The topological polar surface area (TPSA) is 104 Å². The van der Waals surface area contributed by atoms with Gasteiger partial charge in [-0.1, -0.05) is 17.3 Å². The fraction of sp³-hybridized carbons (Fsp3) is 0.529. The SMILES string of the molecule is C[C@@H]1O[C@H](CO)[C@H](O)[C@H](O)[C@H]1n1cc(-c2ccc(N(C)C)cc2)nn1. The van der Waals surface area contributed by atoms with Crippen molar-refractivity contribution in [2.75, 3.05) is 25.6 Å². The predicted octanol–water partition coefficient (Wildman–Crippen LogP) is 0.0536. The van der Waals surface area contributed by atoms with Gasteiger partial charge in [0.25, 0.3) is 0 Å². The zero-order chi connectivity index (χ0) is 18.1. The van der Waals surface area contributed by atoms with Crippen LogP contribution in [0.2, 0.25) is 0 Å². The largest absolute Gasteiger partial charge is 0.394 e. The third kappa shape index (κ3) is 3.38. The highest BCUT2D eigenvalue weighted by Crippen LogP contribution is 2.30. The number of nitrogens with zero attached hydrogens (tertiary/aromatic N) is 4. The average molecular weight is 348 g/mol. The lowest BCUT2D eigenvalue weighted by Crippen LogP contribution is -2.55. The van der Waals surface area contributed by atoms with Gasteiger partial charge in [-0.25, -0.2) is 4.68 Å². The van der Waals surface area contributed by atoms with Gasteiger partial charge in [-0.15, -0.1) is 5.10 Å². The molecule has 5 atom stereocenters. The molecule has 3 rings (SSSR count). The molecule has 2 aromatic rings. The summed E-state index contributed by atoms with van der Waals surface area (Å²) < 4.78 is 7.10. The molecular weight excluding hydrogens is 324 g/mol. The van der Waals surface area contributed by atoms with Crippen LogP contribution in [0.15, 0.2) is 30.5 Å². The van der Waals surface area contributed by atoms with Gasteiger partial charge in [0.1, 0.15) is 30.0 Å². The van der Waals surface area contributed by atoms with Gasteiger partial charge in [-0.05, 0) is 19.1 Å². The minimum absolute atomic E-state index is 0.351. The second-order valence-electron chi connectivity index (χ2n) is 6.56. The first kappa shape index (κ1) is 17.8. The van der Waals surface area contributed by atoms with Gasteiger partial charge < -0.3 is 25.0 Å². The molecule has 2 heterocycles. The molecular formula is C17H24N4O4. The van der Waals surface area contributed by atoms with E-state index in [1.165, 1.54) is 4.68 Å². The average Bonchev–Trinajstić information content (AvgIpc) is 3.08. The highest BCUT2D eigenvalue weighted by Gasteiger charge is 2.43. The number of benzene rings is 1. The lowest BCUT2D eigenvalue weighted by molar-refractivity contribution is -0.200. The Kier molecular flexibility index (Phi) is 5.05. The van der Waals surface area contributed by atoms with Gasteiger partial charge in [0.2, 0.25) is 0 Å². The van der Waals surface area contributed by atoms with E-state index in [-0.39, 0.29) is 6.61 Å². The Morgan fingerprint density at radius 3 is 2.44 bits per heavy atom. The van der Waals surface area contributed by atoms with Crippen LogP contribution in [0, 0.1) is 0 Å².